The zero-order valence-electron chi connectivity index (χ0n) is 33.0. The van der Waals surface area contributed by atoms with Crippen LogP contribution < -0.4 is 0 Å². The number of aliphatic hydroxyl groups excluding tert-OH is 1. The number of unbranched alkanes of at least 4 members (excludes halogenated alkanes) is 17. The zero-order valence-corrected chi connectivity index (χ0v) is 33.0. The third-order valence-electron chi connectivity index (χ3n) is 8.07. The van der Waals surface area contributed by atoms with Crippen molar-refractivity contribution >= 4 is 23.7 Å². The molecule has 1 rings (SSSR count). The first kappa shape index (κ1) is 51.4. The molecule has 8 nitrogen and oxygen atoms in total. The Balaban J connectivity index is -0.000000605. The number of carbonyl (C=O) groups excluding carboxylic acids is 2. The predicted molar refractivity (Wildman–Crippen MR) is 207 cm³/mol. The lowest BCUT2D eigenvalue weighted by Crippen LogP contribution is -2.06. The number of hydrogen-bond donors (Lipinski definition) is 3. The van der Waals surface area contributed by atoms with Gasteiger partial charge in [0.05, 0.1) is 18.2 Å². The minimum Gasteiger partial charge on any atom is -0.478 e. The minimum atomic E-state index is -1.11. The molecule has 0 aliphatic carbocycles. The summed E-state index contributed by atoms with van der Waals surface area (Å²) in [4.78, 5) is 42.5. The second kappa shape index (κ2) is 38.8. The summed E-state index contributed by atoms with van der Waals surface area (Å²) in [5.41, 5.74) is 1.62. The standard InChI is InChI=1S/C15H30O2.C10H22O.C9H8O4.C8H14O/c1-3-4-5-6-7-8-9-10-11-12-13-14-15(16)17-2;1-2-3-4-5-6-7-8-9-10-11;1-5-6(8(10)11)3-2-4-7(5)9(12)13;1-7(2)5-4-6-8(3)9/h3-14H2,1-2H3;11H,2-10H2,1H3;2-4H,1H3,(H,10,11)(H,12,13);5H,4,6H2,1-3H3. The molecule has 290 valence electrons. The summed E-state index contributed by atoms with van der Waals surface area (Å²) in [6.07, 6.45) is 29.1. The SMILES string of the molecule is CC(=O)CCC=C(C)C.CCCCCCCCCCCCCC(=O)OC.CCCCCCCCCCO.Cc1c(C(=O)O)cccc1C(=O)O. The number of carboxylic acids is 2. The molecule has 0 saturated heterocycles. The van der Waals surface area contributed by atoms with Gasteiger partial charge >= 0.3 is 17.9 Å². The van der Waals surface area contributed by atoms with Crippen LogP contribution in [0.15, 0.2) is 29.8 Å². The maximum Gasteiger partial charge on any atom is 0.335 e. The number of aromatic carboxylic acids is 2. The molecule has 0 fully saturated rings. The third-order valence-corrected chi connectivity index (χ3v) is 8.07. The maximum absolute atomic E-state index is 10.8. The van der Waals surface area contributed by atoms with Gasteiger partial charge in [0.1, 0.15) is 5.78 Å². The van der Waals surface area contributed by atoms with E-state index in [1.807, 2.05) is 13.8 Å². The van der Waals surface area contributed by atoms with E-state index in [0.29, 0.717) is 19.4 Å². The van der Waals surface area contributed by atoms with E-state index in [2.05, 4.69) is 24.7 Å². The highest BCUT2D eigenvalue weighted by atomic mass is 16.5. The molecule has 1 aromatic carbocycles. The Morgan fingerprint density at radius 1 is 0.620 bits per heavy atom. The summed E-state index contributed by atoms with van der Waals surface area (Å²) >= 11 is 0. The zero-order chi connectivity index (χ0) is 38.4. The van der Waals surface area contributed by atoms with Crippen LogP contribution in [0.4, 0.5) is 0 Å². The summed E-state index contributed by atoms with van der Waals surface area (Å²) in [5.74, 6) is -2.02. The number of rotatable bonds is 25. The van der Waals surface area contributed by atoms with Crippen LogP contribution in [0.2, 0.25) is 0 Å². The van der Waals surface area contributed by atoms with Crippen molar-refractivity contribution in [2.75, 3.05) is 13.7 Å². The average Bonchev–Trinajstić information content (AvgIpc) is 3.07. The van der Waals surface area contributed by atoms with Gasteiger partial charge in [-0.15, -0.1) is 0 Å². The molecule has 8 heteroatoms. The van der Waals surface area contributed by atoms with Crippen LogP contribution in [-0.2, 0) is 14.3 Å². The maximum atomic E-state index is 10.8. The fourth-order valence-electron chi connectivity index (χ4n) is 4.94. The van der Waals surface area contributed by atoms with Crippen LogP contribution in [0, 0.1) is 6.92 Å². The van der Waals surface area contributed by atoms with Gasteiger partial charge in [0.25, 0.3) is 0 Å². The second-order valence-corrected chi connectivity index (χ2v) is 13.2. The van der Waals surface area contributed by atoms with Crippen LogP contribution in [-0.4, -0.2) is 52.7 Å². The van der Waals surface area contributed by atoms with Crippen molar-refractivity contribution in [3.05, 3.63) is 46.5 Å². The van der Waals surface area contributed by atoms with Gasteiger partial charge in [-0.3, -0.25) is 4.79 Å². The summed E-state index contributed by atoms with van der Waals surface area (Å²) in [7, 11) is 1.46. The number of Topliss-reactive ketones (excluding diaryl/α,β-unsaturated/α-hetero) is 1. The van der Waals surface area contributed by atoms with Gasteiger partial charge in [0.15, 0.2) is 0 Å². The molecule has 0 radical (unpaired) electrons. The Morgan fingerprint density at radius 3 is 1.32 bits per heavy atom. The second-order valence-electron chi connectivity index (χ2n) is 13.2. The average molecular weight is 707 g/mol. The van der Waals surface area contributed by atoms with E-state index in [-0.39, 0.29) is 28.4 Å². The van der Waals surface area contributed by atoms with Crippen LogP contribution in [0.3, 0.4) is 0 Å². The fraction of sp³-hybridized carbons (Fsp3) is 0.714. The Morgan fingerprint density at radius 2 is 1.00 bits per heavy atom. The van der Waals surface area contributed by atoms with Crippen molar-refractivity contribution in [3.63, 3.8) is 0 Å². The molecule has 3 N–H and O–H groups in total. The number of esters is 1. The molecule has 0 spiro atoms. The lowest BCUT2D eigenvalue weighted by molar-refractivity contribution is -0.140. The first-order valence-electron chi connectivity index (χ1n) is 19.3. The summed E-state index contributed by atoms with van der Waals surface area (Å²) < 4.78 is 4.60. The van der Waals surface area contributed by atoms with E-state index in [1.165, 1.54) is 147 Å². The summed E-state index contributed by atoms with van der Waals surface area (Å²) in [5, 5.41) is 25.9. The molecule has 0 amide bonds. The molecule has 0 heterocycles. The van der Waals surface area contributed by atoms with Gasteiger partial charge in [0, 0.05) is 19.4 Å². The third kappa shape index (κ3) is 37.8. The Labute approximate surface area is 305 Å². The number of methoxy groups -OCH3 is 1. The monoisotopic (exact) mass is 707 g/mol. The van der Waals surface area contributed by atoms with E-state index in [4.69, 9.17) is 15.3 Å². The number of aliphatic hydroxyl groups is 1. The number of carbonyl (C=O) groups is 4. The van der Waals surface area contributed by atoms with Crippen LogP contribution in [0.25, 0.3) is 0 Å². The van der Waals surface area contributed by atoms with Crippen molar-refractivity contribution in [2.24, 2.45) is 0 Å². The predicted octanol–water partition coefficient (Wildman–Crippen LogP) is 11.7. The molecule has 50 heavy (non-hydrogen) atoms. The molecule has 0 unspecified atom stereocenters. The van der Waals surface area contributed by atoms with Gasteiger partial charge in [-0.2, -0.15) is 0 Å². The van der Waals surface area contributed by atoms with E-state index in [1.54, 1.807) is 6.92 Å². The summed E-state index contributed by atoms with van der Waals surface area (Å²) in [6.45, 7) is 12.1. The van der Waals surface area contributed by atoms with E-state index in [9.17, 15) is 19.2 Å². The van der Waals surface area contributed by atoms with Gasteiger partial charge in [-0.05, 0) is 64.7 Å². The van der Waals surface area contributed by atoms with E-state index in [0.717, 1.165) is 19.3 Å². The molecule has 0 atom stereocenters. The fourth-order valence-corrected chi connectivity index (χ4v) is 4.94. The highest BCUT2D eigenvalue weighted by molar-refractivity contribution is 5.96. The molecule has 0 bridgehead atoms. The van der Waals surface area contributed by atoms with Crippen molar-refractivity contribution in [2.45, 2.75) is 183 Å². The number of benzene rings is 1. The molecule has 0 aliphatic heterocycles. The van der Waals surface area contributed by atoms with Crippen LogP contribution >= 0.6 is 0 Å². The van der Waals surface area contributed by atoms with E-state index < -0.39 is 11.9 Å². The van der Waals surface area contributed by atoms with Crippen molar-refractivity contribution in [1.82, 2.24) is 0 Å². The van der Waals surface area contributed by atoms with Crippen LogP contribution in [0.5, 0.6) is 0 Å². The Kier molecular flexibility index (Phi) is 39.9. The lowest BCUT2D eigenvalue weighted by atomic mass is 10.0. The van der Waals surface area contributed by atoms with Crippen molar-refractivity contribution in [3.8, 4) is 0 Å². The number of allylic oxidation sites excluding steroid dienone is 2. The number of hydrogen-bond acceptors (Lipinski definition) is 6. The van der Waals surface area contributed by atoms with Gasteiger partial charge in [-0.25, -0.2) is 9.59 Å². The quantitative estimate of drug-likeness (QED) is 0.0519. The molecule has 1 aromatic rings. The number of carboxylic acid groups (broad SMARTS) is 2. The van der Waals surface area contributed by atoms with Gasteiger partial charge in [0.2, 0.25) is 0 Å². The highest BCUT2D eigenvalue weighted by Gasteiger charge is 2.13. The molecule has 0 aromatic heterocycles. The first-order chi connectivity index (χ1) is 23.9. The number of ketones is 1. The largest absolute Gasteiger partial charge is 0.478 e. The van der Waals surface area contributed by atoms with Crippen molar-refractivity contribution < 1.29 is 39.2 Å². The Hall–Kier alpha value is -3.00. The van der Waals surface area contributed by atoms with Gasteiger partial charge < -0.3 is 24.9 Å². The summed E-state index contributed by atoms with van der Waals surface area (Å²) in [6, 6.07) is 4.17. The Bertz CT molecular complexity index is 971. The molecular formula is C42H74O8. The van der Waals surface area contributed by atoms with Crippen molar-refractivity contribution in [1.29, 1.82) is 0 Å². The smallest absolute Gasteiger partial charge is 0.335 e. The normalized spacial score (nSPS) is 9.92. The van der Waals surface area contributed by atoms with Gasteiger partial charge in [-0.1, -0.05) is 141 Å². The lowest BCUT2D eigenvalue weighted by Gasteiger charge is -2.03. The molecule has 0 aliphatic rings. The topological polar surface area (TPSA) is 138 Å². The highest BCUT2D eigenvalue weighted by Crippen LogP contribution is 2.14. The molecular weight excluding hydrogens is 632 g/mol. The molecule has 0 saturated carbocycles. The number of ether oxygens (including phenoxy) is 1. The van der Waals surface area contributed by atoms with Crippen LogP contribution in [0.1, 0.15) is 202 Å². The van der Waals surface area contributed by atoms with E-state index >= 15 is 0 Å². The minimum absolute atomic E-state index is 0.0277. The first-order valence-corrected chi connectivity index (χ1v) is 19.3.